The third kappa shape index (κ3) is 4.69. The zero-order chi connectivity index (χ0) is 14.6. The lowest BCUT2D eigenvalue weighted by Gasteiger charge is -2.28. The highest BCUT2D eigenvalue weighted by atomic mass is 15.1. The van der Waals surface area contributed by atoms with Crippen LogP contribution in [0.2, 0.25) is 0 Å². The summed E-state index contributed by atoms with van der Waals surface area (Å²) in [6.07, 6.45) is 0. The number of hydrogen-bond acceptors (Lipinski definition) is 4. The molecule has 0 aliphatic carbocycles. The molecule has 0 radical (unpaired) electrons. The van der Waals surface area contributed by atoms with Crippen LogP contribution in [0.4, 0.5) is 11.6 Å². The summed E-state index contributed by atoms with van der Waals surface area (Å²) in [5.74, 6) is 2.99. The number of nitrogens with zero attached hydrogens (tertiary/aromatic N) is 2. The van der Waals surface area contributed by atoms with Gasteiger partial charge in [-0.25, -0.2) is 9.97 Å². The zero-order valence-corrected chi connectivity index (χ0v) is 13.3. The minimum absolute atomic E-state index is 0.196. The maximum Gasteiger partial charge on any atom is 0.135 e. The molecule has 1 unspecified atom stereocenters. The van der Waals surface area contributed by atoms with E-state index < -0.39 is 0 Å². The Hall–Kier alpha value is -1.32. The summed E-state index contributed by atoms with van der Waals surface area (Å²) in [4.78, 5) is 9.14. The number of rotatable bonds is 5. The first-order valence-corrected chi connectivity index (χ1v) is 7.13. The topological polar surface area (TPSA) is 49.8 Å². The molecule has 4 nitrogen and oxygen atoms in total. The molecule has 0 saturated carbocycles. The van der Waals surface area contributed by atoms with Gasteiger partial charge in [0, 0.05) is 24.6 Å². The van der Waals surface area contributed by atoms with Crippen molar-refractivity contribution in [2.24, 2.45) is 5.41 Å². The average Bonchev–Trinajstić information content (AvgIpc) is 2.27. The SMILES string of the molecule is CCNc1cc(NC(C)C(C)(C)C)nc(C(C)C)n1. The standard InChI is InChI=1S/C15H28N4/c1-8-16-12-9-13(17-11(4)15(5,6)7)19-14(18-12)10(2)3/h9-11H,8H2,1-7H3,(H2,16,17,18,19). The molecule has 4 heteroatoms. The van der Waals surface area contributed by atoms with E-state index in [1.54, 1.807) is 0 Å². The predicted molar refractivity (Wildman–Crippen MR) is 82.8 cm³/mol. The van der Waals surface area contributed by atoms with Gasteiger partial charge in [-0.2, -0.15) is 0 Å². The molecule has 0 fully saturated rings. The van der Waals surface area contributed by atoms with Crippen molar-refractivity contribution in [2.45, 2.75) is 60.4 Å². The third-order valence-electron chi connectivity index (χ3n) is 3.28. The summed E-state index contributed by atoms with van der Waals surface area (Å²) in [7, 11) is 0. The molecule has 0 aliphatic heterocycles. The average molecular weight is 264 g/mol. The molecule has 108 valence electrons. The summed E-state index contributed by atoms with van der Waals surface area (Å²) < 4.78 is 0. The Morgan fingerprint density at radius 1 is 1.11 bits per heavy atom. The summed E-state index contributed by atoms with van der Waals surface area (Å²) >= 11 is 0. The first-order valence-electron chi connectivity index (χ1n) is 7.13. The summed E-state index contributed by atoms with van der Waals surface area (Å²) in [6.45, 7) is 16.0. The van der Waals surface area contributed by atoms with Crippen LogP contribution in [-0.2, 0) is 0 Å². The van der Waals surface area contributed by atoms with E-state index in [9.17, 15) is 0 Å². The van der Waals surface area contributed by atoms with E-state index in [0.717, 1.165) is 24.0 Å². The van der Waals surface area contributed by atoms with Crippen molar-refractivity contribution < 1.29 is 0 Å². The van der Waals surface area contributed by atoms with Gasteiger partial charge in [0.15, 0.2) is 0 Å². The van der Waals surface area contributed by atoms with Gasteiger partial charge in [0.2, 0.25) is 0 Å². The Bertz CT molecular complexity index is 407. The summed E-state index contributed by atoms with van der Waals surface area (Å²) in [6, 6.07) is 2.33. The number of nitrogens with one attached hydrogen (secondary N) is 2. The monoisotopic (exact) mass is 264 g/mol. The van der Waals surface area contributed by atoms with E-state index in [2.05, 4.69) is 69.1 Å². The van der Waals surface area contributed by atoms with Crippen LogP contribution in [0.15, 0.2) is 6.07 Å². The van der Waals surface area contributed by atoms with Crippen molar-refractivity contribution in [3.05, 3.63) is 11.9 Å². The molecule has 1 atom stereocenters. The molecule has 1 aromatic rings. The van der Waals surface area contributed by atoms with Crippen LogP contribution in [0.1, 0.15) is 60.2 Å². The molecule has 1 rings (SSSR count). The van der Waals surface area contributed by atoms with Crippen LogP contribution in [0.3, 0.4) is 0 Å². The molecule has 0 saturated heterocycles. The normalized spacial score (nSPS) is 13.5. The van der Waals surface area contributed by atoms with E-state index in [-0.39, 0.29) is 5.41 Å². The zero-order valence-electron chi connectivity index (χ0n) is 13.3. The lowest BCUT2D eigenvalue weighted by Crippen LogP contribution is -2.31. The Kier molecular flexibility index (Phi) is 5.15. The van der Waals surface area contributed by atoms with E-state index >= 15 is 0 Å². The Morgan fingerprint density at radius 2 is 1.68 bits per heavy atom. The fourth-order valence-electron chi connectivity index (χ4n) is 1.51. The Labute approximate surface area is 117 Å². The van der Waals surface area contributed by atoms with E-state index in [1.165, 1.54) is 0 Å². The maximum absolute atomic E-state index is 4.61. The fraction of sp³-hybridized carbons (Fsp3) is 0.733. The first kappa shape index (κ1) is 15.7. The van der Waals surface area contributed by atoms with Gasteiger partial charge in [-0.3, -0.25) is 0 Å². The van der Waals surface area contributed by atoms with Crippen molar-refractivity contribution in [2.75, 3.05) is 17.2 Å². The lowest BCUT2D eigenvalue weighted by molar-refractivity contribution is 0.358. The van der Waals surface area contributed by atoms with Crippen molar-refractivity contribution in [1.82, 2.24) is 9.97 Å². The molecule has 0 spiro atoms. The van der Waals surface area contributed by atoms with Crippen LogP contribution in [0.25, 0.3) is 0 Å². The largest absolute Gasteiger partial charge is 0.370 e. The second-order valence-electron chi connectivity index (χ2n) is 6.41. The second kappa shape index (κ2) is 6.22. The summed E-state index contributed by atoms with van der Waals surface area (Å²) in [5, 5.41) is 6.75. The van der Waals surface area contributed by atoms with Gasteiger partial charge in [-0.05, 0) is 19.3 Å². The minimum Gasteiger partial charge on any atom is -0.370 e. The van der Waals surface area contributed by atoms with Crippen LogP contribution in [0.5, 0.6) is 0 Å². The van der Waals surface area contributed by atoms with Gasteiger partial charge in [0.05, 0.1) is 0 Å². The lowest BCUT2D eigenvalue weighted by atomic mass is 9.88. The maximum atomic E-state index is 4.61. The molecule has 0 aliphatic rings. The van der Waals surface area contributed by atoms with Crippen molar-refractivity contribution in [3.63, 3.8) is 0 Å². The van der Waals surface area contributed by atoms with Gasteiger partial charge >= 0.3 is 0 Å². The van der Waals surface area contributed by atoms with Crippen LogP contribution < -0.4 is 10.6 Å². The van der Waals surface area contributed by atoms with Crippen LogP contribution in [-0.4, -0.2) is 22.6 Å². The number of hydrogen-bond donors (Lipinski definition) is 2. The minimum atomic E-state index is 0.196. The molecule has 0 bridgehead atoms. The first-order chi connectivity index (χ1) is 8.74. The van der Waals surface area contributed by atoms with Crippen LogP contribution >= 0.6 is 0 Å². The summed E-state index contributed by atoms with van der Waals surface area (Å²) in [5.41, 5.74) is 0.196. The fourth-order valence-corrected chi connectivity index (χ4v) is 1.51. The molecule has 1 aromatic heterocycles. The molecular formula is C15H28N4. The van der Waals surface area contributed by atoms with E-state index in [1.807, 2.05) is 6.07 Å². The van der Waals surface area contributed by atoms with Gasteiger partial charge in [0.25, 0.3) is 0 Å². The molecule has 0 aromatic carbocycles. The Balaban J connectivity index is 2.99. The van der Waals surface area contributed by atoms with Crippen LogP contribution in [0, 0.1) is 5.41 Å². The third-order valence-corrected chi connectivity index (χ3v) is 3.28. The predicted octanol–water partition coefficient (Wildman–Crippen LogP) is 3.88. The second-order valence-corrected chi connectivity index (χ2v) is 6.41. The molecule has 19 heavy (non-hydrogen) atoms. The van der Waals surface area contributed by atoms with Crippen molar-refractivity contribution >= 4 is 11.6 Å². The molecular weight excluding hydrogens is 236 g/mol. The van der Waals surface area contributed by atoms with Gasteiger partial charge < -0.3 is 10.6 Å². The molecule has 0 amide bonds. The highest BCUT2D eigenvalue weighted by Gasteiger charge is 2.20. The molecule has 1 heterocycles. The van der Waals surface area contributed by atoms with Gasteiger partial charge in [0.1, 0.15) is 17.5 Å². The number of anilines is 2. The van der Waals surface area contributed by atoms with Crippen molar-refractivity contribution in [1.29, 1.82) is 0 Å². The Morgan fingerprint density at radius 3 is 2.16 bits per heavy atom. The highest BCUT2D eigenvalue weighted by Crippen LogP contribution is 2.24. The van der Waals surface area contributed by atoms with E-state index in [0.29, 0.717) is 12.0 Å². The quantitative estimate of drug-likeness (QED) is 0.847. The smallest absolute Gasteiger partial charge is 0.135 e. The molecule has 2 N–H and O–H groups in total. The van der Waals surface area contributed by atoms with E-state index in [4.69, 9.17) is 0 Å². The van der Waals surface area contributed by atoms with Gasteiger partial charge in [-0.1, -0.05) is 34.6 Å². The number of aromatic nitrogens is 2. The van der Waals surface area contributed by atoms with Gasteiger partial charge in [-0.15, -0.1) is 0 Å². The van der Waals surface area contributed by atoms with Crippen molar-refractivity contribution in [3.8, 4) is 0 Å². The highest BCUT2D eigenvalue weighted by molar-refractivity contribution is 5.48.